The van der Waals surface area contributed by atoms with Crippen molar-refractivity contribution in [3.8, 4) is 11.5 Å². The lowest BCUT2D eigenvalue weighted by Crippen LogP contribution is -2.11. The van der Waals surface area contributed by atoms with Gasteiger partial charge in [-0.15, -0.1) is 0 Å². The highest BCUT2D eigenvalue weighted by Gasteiger charge is 2.61. The van der Waals surface area contributed by atoms with Gasteiger partial charge < -0.3 is 14.2 Å². The highest BCUT2D eigenvalue weighted by atomic mass is 16.5. The summed E-state index contributed by atoms with van der Waals surface area (Å²) in [5.41, 5.74) is 1.14. The van der Waals surface area contributed by atoms with Crippen molar-refractivity contribution in [2.75, 3.05) is 6.61 Å². The molecule has 0 amide bonds. The molecule has 2 atom stereocenters. The SMILES string of the molecule is CCCOC(=O)/C(C)=C/[C@@H]1[C@@H](C(=O)OCc2cccc(Oc3ccccc3)c2)C1(C)C. The number of para-hydroxylation sites is 1. The molecule has 3 rings (SSSR count). The maximum absolute atomic E-state index is 12.7. The van der Waals surface area contributed by atoms with Gasteiger partial charge in [-0.1, -0.05) is 57.2 Å². The molecule has 2 aromatic rings. The van der Waals surface area contributed by atoms with Crippen molar-refractivity contribution in [1.82, 2.24) is 0 Å². The Morgan fingerprint density at radius 3 is 2.42 bits per heavy atom. The van der Waals surface area contributed by atoms with Crippen LogP contribution in [0.25, 0.3) is 0 Å². The summed E-state index contributed by atoms with van der Waals surface area (Å²) < 4.78 is 16.6. The second kappa shape index (κ2) is 9.82. The Bertz CT molecular complexity index is 945. The third-order valence-corrected chi connectivity index (χ3v) is 5.61. The van der Waals surface area contributed by atoms with E-state index in [4.69, 9.17) is 14.2 Å². The lowest BCUT2D eigenvalue weighted by atomic mass is 10.1. The fourth-order valence-corrected chi connectivity index (χ4v) is 3.65. The standard InChI is InChI=1S/C26H30O5/c1-5-14-29-24(27)18(2)15-22-23(26(22,3)4)25(28)30-17-19-10-9-13-21(16-19)31-20-11-7-6-8-12-20/h6-13,15-16,22-23H,5,14,17H2,1-4H3/b18-15+/t22-,23+/m1/s1. The van der Waals surface area contributed by atoms with Gasteiger partial charge in [-0.2, -0.15) is 0 Å². The molecule has 0 spiro atoms. The Balaban J connectivity index is 1.57. The van der Waals surface area contributed by atoms with Gasteiger partial charge >= 0.3 is 11.9 Å². The number of hydrogen-bond donors (Lipinski definition) is 0. The van der Waals surface area contributed by atoms with Crippen LogP contribution in [0.4, 0.5) is 0 Å². The summed E-state index contributed by atoms with van der Waals surface area (Å²) in [6.45, 7) is 8.28. The highest BCUT2D eigenvalue weighted by molar-refractivity contribution is 5.88. The number of allylic oxidation sites excluding steroid dienone is 1. The van der Waals surface area contributed by atoms with Crippen LogP contribution in [0.1, 0.15) is 39.7 Å². The van der Waals surface area contributed by atoms with Crippen LogP contribution in [-0.2, 0) is 25.7 Å². The quantitative estimate of drug-likeness (QED) is 0.383. The monoisotopic (exact) mass is 422 g/mol. The minimum absolute atomic E-state index is 0.0399. The van der Waals surface area contributed by atoms with Crippen LogP contribution in [-0.4, -0.2) is 18.5 Å². The number of hydrogen-bond acceptors (Lipinski definition) is 5. The van der Waals surface area contributed by atoms with Crippen LogP contribution < -0.4 is 4.74 Å². The summed E-state index contributed by atoms with van der Waals surface area (Å²) in [5, 5.41) is 0. The zero-order chi connectivity index (χ0) is 22.4. The molecule has 1 aliphatic carbocycles. The van der Waals surface area contributed by atoms with Crippen molar-refractivity contribution >= 4 is 11.9 Å². The van der Waals surface area contributed by atoms with Crippen molar-refractivity contribution in [2.24, 2.45) is 17.3 Å². The van der Waals surface area contributed by atoms with E-state index >= 15 is 0 Å². The molecule has 0 aromatic heterocycles. The van der Waals surface area contributed by atoms with E-state index in [0.717, 1.165) is 17.7 Å². The van der Waals surface area contributed by atoms with Crippen LogP contribution >= 0.6 is 0 Å². The van der Waals surface area contributed by atoms with E-state index in [1.54, 1.807) is 6.92 Å². The summed E-state index contributed by atoms with van der Waals surface area (Å²) in [7, 11) is 0. The maximum atomic E-state index is 12.7. The van der Waals surface area contributed by atoms with E-state index in [1.807, 2.05) is 81.4 Å². The third-order valence-electron chi connectivity index (χ3n) is 5.61. The van der Waals surface area contributed by atoms with E-state index in [9.17, 15) is 9.59 Å². The smallest absolute Gasteiger partial charge is 0.333 e. The van der Waals surface area contributed by atoms with Crippen molar-refractivity contribution in [1.29, 1.82) is 0 Å². The molecule has 5 heteroatoms. The highest BCUT2D eigenvalue weighted by Crippen LogP contribution is 2.59. The van der Waals surface area contributed by atoms with Crippen LogP contribution in [0.3, 0.4) is 0 Å². The minimum Gasteiger partial charge on any atom is -0.462 e. The topological polar surface area (TPSA) is 61.8 Å². The predicted molar refractivity (Wildman–Crippen MR) is 119 cm³/mol. The first-order chi connectivity index (χ1) is 14.8. The molecule has 1 fully saturated rings. The number of carbonyl (C=O) groups is 2. The van der Waals surface area contributed by atoms with Crippen LogP contribution in [0.15, 0.2) is 66.2 Å². The number of rotatable bonds is 9. The van der Waals surface area contributed by atoms with Gasteiger partial charge in [0.25, 0.3) is 0 Å². The van der Waals surface area contributed by atoms with Crippen molar-refractivity contribution in [2.45, 2.75) is 40.7 Å². The molecule has 0 saturated heterocycles. The first-order valence-corrected chi connectivity index (χ1v) is 10.7. The Labute approximate surface area is 184 Å². The number of benzene rings is 2. The molecule has 0 heterocycles. The summed E-state index contributed by atoms with van der Waals surface area (Å²) in [6.07, 6.45) is 2.62. The largest absolute Gasteiger partial charge is 0.462 e. The Kier molecular flexibility index (Phi) is 7.16. The van der Waals surface area contributed by atoms with Gasteiger partial charge in [0.15, 0.2) is 0 Å². The lowest BCUT2D eigenvalue weighted by Gasteiger charge is -2.09. The fourth-order valence-electron chi connectivity index (χ4n) is 3.65. The minimum atomic E-state index is -0.327. The van der Waals surface area contributed by atoms with Crippen molar-refractivity contribution in [3.05, 3.63) is 71.8 Å². The first kappa shape index (κ1) is 22.6. The number of carbonyl (C=O) groups excluding carboxylic acids is 2. The third kappa shape index (κ3) is 5.75. The molecule has 0 bridgehead atoms. The van der Waals surface area contributed by atoms with E-state index in [-0.39, 0.29) is 35.8 Å². The molecule has 1 aliphatic rings. The second-order valence-corrected chi connectivity index (χ2v) is 8.48. The molecule has 0 radical (unpaired) electrons. The second-order valence-electron chi connectivity index (χ2n) is 8.48. The molecule has 0 aliphatic heterocycles. The molecule has 31 heavy (non-hydrogen) atoms. The van der Waals surface area contributed by atoms with Crippen LogP contribution in [0.5, 0.6) is 11.5 Å². The summed E-state index contributed by atoms with van der Waals surface area (Å²) in [5.74, 6) is 0.543. The Morgan fingerprint density at radius 1 is 1.00 bits per heavy atom. The normalized spacial score (nSPS) is 19.4. The van der Waals surface area contributed by atoms with E-state index in [0.29, 0.717) is 17.9 Å². The Morgan fingerprint density at radius 2 is 1.71 bits per heavy atom. The molecular formula is C26H30O5. The average Bonchev–Trinajstić information content (AvgIpc) is 3.30. The zero-order valence-corrected chi connectivity index (χ0v) is 18.6. The van der Waals surface area contributed by atoms with Gasteiger partial charge in [0, 0.05) is 5.57 Å². The lowest BCUT2D eigenvalue weighted by molar-refractivity contribution is -0.147. The molecule has 5 nitrogen and oxygen atoms in total. The summed E-state index contributed by atoms with van der Waals surface area (Å²) in [6, 6.07) is 17.0. The van der Waals surface area contributed by atoms with Crippen molar-refractivity contribution < 1.29 is 23.8 Å². The van der Waals surface area contributed by atoms with E-state index in [1.165, 1.54) is 0 Å². The van der Waals surface area contributed by atoms with E-state index < -0.39 is 0 Å². The van der Waals surface area contributed by atoms with Gasteiger partial charge in [0.2, 0.25) is 0 Å². The van der Waals surface area contributed by atoms with Gasteiger partial charge in [-0.25, -0.2) is 4.79 Å². The number of esters is 2. The van der Waals surface area contributed by atoms with Gasteiger partial charge in [-0.05, 0) is 54.5 Å². The van der Waals surface area contributed by atoms with E-state index in [2.05, 4.69) is 0 Å². The van der Waals surface area contributed by atoms with Crippen LogP contribution in [0, 0.1) is 17.3 Å². The predicted octanol–water partition coefficient (Wildman–Crippen LogP) is 5.69. The van der Waals surface area contributed by atoms with Crippen molar-refractivity contribution in [3.63, 3.8) is 0 Å². The molecule has 164 valence electrons. The zero-order valence-electron chi connectivity index (χ0n) is 18.6. The van der Waals surface area contributed by atoms with Gasteiger partial charge in [0.1, 0.15) is 18.1 Å². The average molecular weight is 423 g/mol. The fraction of sp³-hybridized carbons (Fsp3) is 0.385. The molecule has 2 aromatic carbocycles. The summed E-state index contributed by atoms with van der Waals surface area (Å²) in [4.78, 5) is 24.7. The van der Waals surface area contributed by atoms with Gasteiger partial charge in [0.05, 0.1) is 12.5 Å². The maximum Gasteiger partial charge on any atom is 0.333 e. The number of ether oxygens (including phenoxy) is 3. The molecule has 0 unspecified atom stereocenters. The van der Waals surface area contributed by atoms with Gasteiger partial charge in [-0.3, -0.25) is 4.79 Å². The molecular weight excluding hydrogens is 392 g/mol. The Hall–Kier alpha value is -3.08. The van der Waals surface area contributed by atoms with Crippen LogP contribution in [0.2, 0.25) is 0 Å². The first-order valence-electron chi connectivity index (χ1n) is 10.7. The summed E-state index contributed by atoms with van der Waals surface area (Å²) >= 11 is 0. The molecule has 1 saturated carbocycles. The molecule has 0 N–H and O–H groups in total.